The maximum Gasteiger partial charge on any atom is 0.264 e. The van der Waals surface area contributed by atoms with Crippen molar-refractivity contribution < 1.29 is 9.18 Å². The smallest absolute Gasteiger partial charge is 0.264 e. The minimum absolute atomic E-state index is 0.00475. The quantitative estimate of drug-likeness (QED) is 0.458. The van der Waals surface area contributed by atoms with Crippen LogP contribution in [0.4, 0.5) is 10.1 Å². The summed E-state index contributed by atoms with van der Waals surface area (Å²) in [7, 11) is 0. The van der Waals surface area contributed by atoms with Gasteiger partial charge in [0.2, 0.25) is 5.91 Å². The molecule has 1 saturated heterocycles. The Morgan fingerprint density at radius 3 is 2.38 bits per heavy atom. The minimum Gasteiger partial charge on any atom is -0.368 e. The maximum atomic E-state index is 13.2. The van der Waals surface area contributed by atoms with Crippen LogP contribution in [0.2, 0.25) is 0 Å². The number of nitrogens with zero attached hydrogens (tertiary/aromatic N) is 6. The van der Waals surface area contributed by atoms with Gasteiger partial charge in [0, 0.05) is 44.8 Å². The Bertz CT molecular complexity index is 1370. The lowest BCUT2D eigenvalue weighted by atomic mass is 10.2. The Kier molecular flexibility index (Phi) is 5.83. The first-order chi connectivity index (χ1) is 16.5. The first-order valence-corrected chi connectivity index (χ1v) is 11.3. The predicted molar refractivity (Wildman–Crippen MR) is 128 cm³/mol. The summed E-state index contributed by atoms with van der Waals surface area (Å²) in [5.41, 5.74) is 2.09. The van der Waals surface area contributed by atoms with Gasteiger partial charge >= 0.3 is 0 Å². The van der Waals surface area contributed by atoms with E-state index in [9.17, 15) is 14.0 Å². The highest BCUT2D eigenvalue weighted by molar-refractivity contribution is 5.77. The lowest BCUT2D eigenvalue weighted by Crippen LogP contribution is -2.49. The van der Waals surface area contributed by atoms with Crippen LogP contribution in [0.15, 0.2) is 65.6 Å². The zero-order valence-corrected chi connectivity index (χ0v) is 18.9. The van der Waals surface area contributed by atoms with E-state index in [1.54, 1.807) is 28.3 Å². The highest BCUT2D eigenvalue weighted by Crippen LogP contribution is 2.18. The third-order valence-corrected chi connectivity index (χ3v) is 6.25. The number of aryl methyl sites for hydroxylation is 1. The summed E-state index contributed by atoms with van der Waals surface area (Å²) in [6.45, 7) is 4.58. The molecule has 0 saturated carbocycles. The van der Waals surface area contributed by atoms with Crippen molar-refractivity contribution in [3.63, 3.8) is 0 Å². The van der Waals surface area contributed by atoms with E-state index in [-0.39, 0.29) is 30.2 Å². The molecule has 8 nitrogen and oxygen atoms in total. The second kappa shape index (κ2) is 9.09. The maximum absolute atomic E-state index is 13.2. The highest BCUT2D eigenvalue weighted by Gasteiger charge is 2.22. The number of fused-ring (bicyclic) bond motifs is 1. The summed E-state index contributed by atoms with van der Waals surface area (Å²) >= 11 is 0. The van der Waals surface area contributed by atoms with E-state index in [4.69, 9.17) is 0 Å². The number of anilines is 1. The molecule has 1 fully saturated rings. The molecule has 0 spiro atoms. The van der Waals surface area contributed by atoms with Crippen molar-refractivity contribution in [2.24, 2.45) is 0 Å². The number of aromatic nitrogens is 4. The van der Waals surface area contributed by atoms with E-state index >= 15 is 0 Å². The lowest BCUT2D eigenvalue weighted by Gasteiger charge is -2.36. The Hall–Kier alpha value is -4.01. The molecule has 0 bridgehead atoms. The van der Waals surface area contributed by atoms with Crippen molar-refractivity contribution in [3.8, 4) is 5.69 Å². The fourth-order valence-electron chi connectivity index (χ4n) is 4.36. The van der Waals surface area contributed by atoms with Crippen LogP contribution in [-0.4, -0.2) is 56.3 Å². The largest absolute Gasteiger partial charge is 0.368 e. The summed E-state index contributed by atoms with van der Waals surface area (Å²) in [6.07, 6.45) is 1.75. The number of hydrogen-bond acceptors (Lipinski definition) is 5. The zero-order chi connectivity index (χ0) is 23.7. The normalized spacial score (nSPS) is 14.1. The van der Waals surface area contributed by atoms with Gasteiger partial charge in [0.25, 0.3) is 5.56 Å². The standard InChI is InChI=1S/C25H25FN6O2/c1-18-28-24-22(17-27-32(24)21-5-3-2-4-6-21)25(34)31(18)12-11-23(33)30-15-13-29(14-16-30)20-9-7-19(26)8-10-20/h2-10,17H,11-16H2,1H3. The molecule has 2 aromatic heterocycles. The summed E-state index contributed by atoms with van der Waals surface area (Å²) in [5, 5.41) is 4.78. The van der Waals surface area contributed by atoms with Gasteiger partial charge in [0.1, 0.15) is 17.0 Å². The van der Waals surface area contributed by atoms with E-state index in [1.807, 2.05) is 35.2 Å². The lowest BCUT2D eigenvalue weighted by molar-refractivity contribution is -0.131. The van der Waals surface area contributed by atoms with Crippen LogP contribution < -0.4 is 10.5 Å². The third-order valence-electron chi connectivity index (χ3n) is 6.25. The van der Waals surface area contributed by atoms with Gasteiger partial charge in [-0.3, -0.25) is 14.2 Å². The second-order valence-corrected chi connectivity index (χ2v) is 8.34. The number of para-hydroxylation sites is 1. The van der Waals surface area contributed by atoms with E-state index in [0.717, 1.165) is 11.4 Å². The molecule has 1 aliphatic heterocycles. The molecule has 9 heteroatoms. The van der Waals surface area contributed by atoms with Crippen LogP contribution in [0, 0.1) is 12.7 Å². The van der Waals surface area contributed by atoms with Crippen molar-refractivity contribution >= 4 is 22.6 Å². The van der Waals surface area contributed by atoms with Crippen LogP contribution in [-0.2, 0) is 11.3 Å². The second-order valence-electron chi connectivity index (χ2n) is 8.34. The Labute approximate surface area is 195 Å². The number of rotatable bonds is 5. The van der Waals surface area contributed by atoms with Crippen LogP contribution in [0.3, 0.4) is 0 Å². The average Bonchev–Trinajstić information content (AvgIpc) is 3.29. The van der Waals surface area contributed by atoms with Crippen LogP contribution in [0.5, 0.6) is 0 Å². The number of benzene rings is 2. The number of piperazine rings is 1. The molecule has 0 aliphatic carbocycles. The van der Waals surface area contributed by atoms with Crippen molar-refractivity contribution in [2.45, 2.75) is 19.9 Å². The van der Waals surface area contributed by atoms with Gasteiger partial charge in [-0.15, -0.1) is 0 Å². The van der Waals surface area contributed by atoms with Gasteiger partial charge in [-0.05, 0) is 43.3 Å². The third kappa shape index (κ3) is 4.16. The number of halogens is 1. The molecule has 1 amide bonds. The summed E-state index contributed by atoms with van der Waals surface area (Å²) in [6, 6.07) is 15.9. The SMILES string of the molecule is Cc1nc2c(cnn2-c2ccccc2)c(=O)n1CCC(=O)N1CCN(c2ccc(F)cc2)CC1. The minimum atomic E-state index is -0.261. The molecular formula is C25H25FN6O2. The zero-order valence-electron chi connectivity index (χ0n) is 18.9. The van der Waals surface area contributed by atoms with E-state index in [1.165, 1.54) is 18.3 Å². The molecule has 3 heterocycles. The number of carbonyl (C=O) groups excluding carboxylic acids is 1. The monoisotopic (exact) mass is 460 g/mol. The average molecular weight is 461 g/mol. The van der Waals surface area contributed by atoms with Crippen LogP contribution >= 0.6 is 0 Å². The molecule has 1 aliphatic rings. The summed E-state index contributed by atoms with van der Waals surface area (Å²) in [5.74, 6) is 0.289. The van der Waals surface area contributed by atoms with Gasteiger partial charge in [-0.1, -0.05) is 18.2 Å². The summed E-state index contributed by atoms with van der Waals surface area (Å²) in [4.78, 5) is 34.5. The topological polar surface area (TPSA) is 76.3 Å². The molecule has 174 valence electrons. The van der Waals surface area contributed by atoms with Gasteiger partial charge in [-0.2, -0.15) is 5.10 Å². The van der Waals surface area contributed by atoms with Crippen LogP contribution in [0.1, 0.15) is 12.2 Å². The molecular weight excluding hydrogens is 435 g/mol. The Balaban J connectivity index is 1.26. The highest BCUT2D eigenvalue weighted by atomic mass is 19.1. The molecule has 5 rings (SSSR count). The molecule has 0 unspecified atom stereocenters. The van der Waals surface area contributed by atoms with Gasteiger partial charge in [0.15, 0.2) is 5.65 Å². The van der Waals surface area contributed by atoms with Crippen molar-refractivity contribution in [1.82, 2.24) is 24.2 Å². The van der Waals surface area contributed by atoms with E-state index in [2.05, 4.69) is 15.0 Å². The number of carbonyl (C=O) groups is 1. The van der Waals surface area contributed by atoms with Gasteiger partial charge < -0.3 is 9.80 Å². The number of amides is 1. The van der Waals surface area contributed by atoms with Crippen molar-refractivity contribution in [3.05, 3.63) is 82.8 Å². The van der Waals surface area contributed by atoms with E-state index in [0.29, 0.717) is 43.0 Å². The molecule has 0 N–H and O–H groups in total. The first-order valence-electron chi connectivity index (χ1n) is 11.3. The molecule has 0 atom stereocenters. The van der Waals surface area contributed by atoms with Gasteiger partial charge in [0.05, 0.1) is 11.9 Å². The molecule has 4 aromatic rings. The fourth-order valence-corrected chi connectivity index (χ4v) is 4.36. The molecule has 0 radical (unpaired) electrons. The van der Waals surface area contributed by atoms with Crippen LogP contribution in [0.25, 0.3) is 16.7 Å². The van der Waals surface area contributed by atoms with E-state index < -0.39 is 0 Å². The fraction of sp³-hybridized carbons (Fsp3) is 0.280. The molecule has 34 heavy (non-hydrogen) atoms. The summed E-state index contributed by atoms with van der Waals surface area (Å²) < 4.78 is 16.4. The van der Waals surface area contributed by atoms with Gasteiger partial charge in [-0.25, -0.2) is 14.1 Å². The number of hydrogen-bond donors (Lipinski definition) is 0. The predicted octanol–water partition coefficient (Wildman–Crippen LogP) is 2.77. The first kappa shape index (κ1) is 21.8. The molecule has 2 aromatic carbocycles. The van der Waals surface area contributed by atoms with Crippen molar-refractivity contribution in [2.75, 3.05) is 31.1 Å². The Morgan fingerprint density at radius 2 is 1.68 bits per heavy atom. The van der Waals surface area contributed by atoms with Crippen molar-refractivity contribution in [1.29, 1.82) is 0 Å². The Morgan fingerprint density at radius 1 is 0.971 bits per heavy atom.